The molecule has 1 fully saturated rings. The number of piperidine rings is 1. The Bertz CT molecular complexity index is 1060. The smallest absolute Gasteiger partial charge is 0.355 e. The van der Waals surface area contributed by atoms with Crippen LogP contribution in [0.3, 0.4) is 0 Å². The Kier molecular flexibility index (Phi) is 4.83. The van der Waals surface area contributed by atoms with Gasteiger partial charge in [0.1, 0.15) is 11.5 Å². The lowest BCUT2D eigenvalue weighted by molar-refractivity contribution is -0.141. The van der Waals surface area contributed by atoms with Crippen molar-refractivity contribution in [2.45, 2.75) is 19.0 Å². The van der Waals surface area contributed by atoms with Crippen LogP contribution in [0, 0.1) is 11.8 Å². The average Bonchev–Trinajstić information content (AvgIpc) is 3.12. The largest absolute Gasteiger partial charge is 0.434 e. The van der Waals surface area contributed by atoms with Crippen LogP contribution in [0.2, 0.25) is 0 Å². The molecule has 0 radical (unpaired) electrons. The van der Waals surface area contributed by atoms with Gasteiger partial charge in [0.25, 0.3) is 5.92 Å². The molecule has 3 aromatic rings. The van der Waals surface area contributed by atoms with Crippen molar-refractivity contribution in [3.63, 3.8) is 0 Å². The number of anilines is 1. The highest BCUT2D eigenvalue weighted by Gasteiger charge is 2.49. The summed E-state index contributed by atoms with van der Waals surface area (Å²) in [5, 5.41) is 0. The topological polar surface area (TPSA) is 85.2 Å². The van der Waals surface area contributed by atoms with Gasteiger partial charge in [0.05, 0.1) is 18.3 Å². The third kappa shape index (κ3) is 3.44. The minimum atomic E-state index is -4.62. The highest BCUT2D eigenvalue weighted by atomic mass is 19.4. The summed E-state index contributed by atoms with van der Waals surface area (Å²) in [4.78, 5) is 17.6. The Hall–Kier alpha value is -2.89. The molecule has 4 rings (SSSR count). The summed E-state index contributed by atoms with van der Waals surface area (Å²) < 4.78 is 68.9. The molecule has 1 unspecified atom stereocenters. The Morgan fingerprint density at radius 3 is 2.63 bits per heavy atom. The van der Waals surface area contributed by atoms with E-state index in [1.54, 1.807) is 11.0 Å². The monoisotopic (exact) mass is 427 g/mol. The van der Waals surface area contributed by atoms with Crippen LogP contribution in [-0.4, -0.2) is 49.9 Å². The lowest BCUT2D eigenvalue weighted by atomic mass is 9.86. The molecule has 12 heteroatoms. The zero-order valence-corrected chi connectivity index (χ0v) is 15.8. The number of nitrogens with zero attached hydrogens (tertiary/aromatic N) is 6. The van der Waals surface area contributed by atoms with Crippen molar-refractivity contribution < 1.29 is 22.0 Å². The molecule has 0 amide bonds. The second kappa shape index (κ2) is 7.11. The standard InChI is InChI=1S/C18H18F5N7/c1-10-7-29(8-11(4-24)17(10,19)20)14-2-3-25-16(28-14)12-5-27-15-6-26-13(9-30(12)15)18(21,22)23/h2-3,5-6,9-11H,4,7-8,24H2,1H3/t10?,11-/m1/s1. The van der Waals surface area contributed by atoms with Gasteiger partial charge in [-0.1, -0.05) is 6.92 Å². The van der Waals surface area contributed by atoms with Gasteiger partial charge >= 0.3 is 6.18 Å². The number of nitrogens with two attached hydrogens (primary N) is 1. The molecule has 0 bridgehead atoms. The number of halogens is 5. The predicted octanol–water partition coefficient (Wildman–Crippen LogP) is 2.87. The number of fused-ring (bicyclic) bond motifs is 1. The molecule has 30 heavy (non-hydrogen) atoms. The molecular weight excluding hydrogens is 409 g/mol. The van der Waals surface area contributed by atoms with Crippen molar-refractivity contribution in [3.05, 3.63) is 36.5 Å². The fraction of sp³-hybridized carbons (Fsp3) is 0.444. The molecule has 1 aliphatic rings. The van der Waals surface area contributed by atoms with E-state index in [4.69, 9.17) is 5.73 Å². The van der Waals surface area contributed by atoms with E-state index in [0.717, 1.165) is 12.4 Å². The molecule has 0 spiro atoms. The van der Waals surface area contributed by atoms with Gasteiger partial charge in [0.15, 0.2) is 17.2 Å². The maximum atomic E-state index is 14.3. The number of aromatic nitrogens is 5. The van der Waals surface area contributed by atoms with Gasteiger partial charge in [-0.2, -0.15) is 13.2 Å². The third-order valence-corrected chi connectivity index (χ3v) is 5.30. The number of alkyl halides is 5. The Morgan fingerprint density at radius 2 is 1.93 bits per heavy atom. The number of hydrogen-bond donors (Lipinski definition) is 1. The second-order valence-corrected chi connectivity index (χ2v) is 7.29. The molecule has 0 saturated carbocycles. The quantitative estimate of drug-likeness (QED) is 0.647. The van der Waals surface area contributed by atoms with E-state index in [1.807, 2.05) is 0 Å². The van der Waals surface area contributed by atoms with Crippen molar-refractivity contribution in [3.8, 4) is 11.5 Å². The van der Waals surface area contributed by atoms with Crippen molar-refractivity contribution >= 4 is 11.5 Å². The molecule has 1 aliphatic heterocycles. The van der Waals surface area contributed by atoms with Crippen LogP contribution < -0.4 is 10.6 Å². The third-order valence-electron chi connectivity index (χ3n) is 5.30. The first kappa shape index (κ1) is 20.4. The molecule has 1 saturated heterocycles. The number of imidazole rings is 1. The molecule has 2 N–H and O–H groups in total. The zero-order valence-electron chi connectivity index (χ0n) is 15.8. The van der Waals surface area contributed by atoms with Gasteiger partial charge < -0.3 is 10.6 Å². The molecule has 7 nitrogen and oxygen atoms in total. The molecule has 2 atom stereocenters. The highest BCUT2D eigenvalue weighted by molar-refractivity contribution is 5.58. The minimum Gasteiger partial charge on any atom is -0.355 e. The summed E-state index contributed by atoms with van der Waals surface area (Å²) in [6, 6.07) is 1.57. The Morgan fingerprint density at radius 1 is 1.17 bits per heavy atom. The Balaban J connectivity index is 1.71. The first-order valence-electron chi connectivity index (χ1n) is 9.17. The van der Waals surface area contributed by atoms with E-state index in [9.17, 15) is 22.0 Å². The highest BCUT2D eigenvalue weighted by Crippen LogP contribution is 2.38. The maximum Gasteiger partial charge on any atom is 0.434 e. The summed E-state index contributed by atoms with van der Waals surface area (Å²) in [6.45, 7) is 1.36. The van der Waals surface area contributed by atoms with Crippen LogP contribution in [0.4, 0.5) is 27.8 Å². The van der Waals surface area contributed by atoms with E-state index in [0.29, 0.717) is 5.82 Å². The van der Waals surface area contributed by atoms with Gasteiger partial charge in [0, 0.05) is 37.9 Å². The van der Waals surface area contributed by atoms with Crippen LogP contribution in [-0.2, 0) is 6.18 Å². The molecule has 4 heterocycles. The van der Waals surface area contributed by atoms with Gasteiger partial charge in [0.2, 0.25) is 0 Å². The van der Waals surface area contributed by atoms with Crippen LogP contribution in [0.1, 0.15) is 12.6 Å². The van der Waals surface area contributed by atoms with Gasteiger partial charge in [-0.3, -0.25) is 4.40 Å². The molecule has 3 aromatic heterocycles. The molecule has 0 aliphatic carbocycles. The molecular formula is C18H18F5N7. The lowest BCUT2D eigenvalue weighted by Crippen LogP contribution is -2.55. The SMILES string of the molecule is CC1CN(c2ccnc(-c3cnc4cnc(C(F)(F)F)cn34)n2)C[C@@H](CN)C1(F)F. The number of hydrogen-bond acceptors (Lipinski definition) is 6. The van der Waals surface area contributed by atoms with Crippen LogP contribution >= 0.6 is 0 Å². The summed E-state index contributed by atoms with van der Waals surface area (Å²) in [5.41, 5.74) is 4.89. The summed E-state index contributed by atoms with van der Waals surface area (Å²) in [6.07, 6.45) is -0.0212. The van der Waals surface area contributed by atoms with Crippen molar-refractivity contribution in [1.82, 2.24) is 24.3 Å². The van der Waals surface area contributed by atoms with Gasteiger partial charge in [-0.15, -0.1) is 0 Å². The fourth-order valence-electron chi connectivity index (χ4n) is 3.59. The maximum absolute atomic E-state index is 14.3. The van der Waals surface area contributed by atoms with Crippen molar-refractivity contribution in [2.24, 2.45) is 17.6 Å². The predicted molar refractivity (Wildman–Crippen MR) is 97.9 cm³/mol. The number of rotatable bonds is 3. The van der Waals surface area contributed by atoms with Gasteiger partial charge in [-0.05, 0) is 6.07 Å². The van der Waals surface area contributed by atoms with Crippen molar-refractivity contribution in [1.29, 1.82) is 0 Å². The van der Waals surface area contributed by atoms with E-state index in [2.05, 4.69) is 19.9 Å². The average molecular weight is 427 g/mol. The normalized spacial score (nSPS) is 21.9. The van der Waals surface area contributed by atoms with Crippen LogP contribution in [0.25, 0.3) is 17.2 Å². The van der Waals surface area contributed by atoms with Crippen LogP contribution in [0.5, 0.6) is 0 Å². The summed E-state index contributed by atoms with van der Waals surface area (Å²) >= 11 is 0. The van der Waals surface area contributed by atoms with Crippen molar-refractivity contribution in [2.75, 3.05) is 24.5 Å². The van der Waals surface area contributed by atoms with E-state index < -0.39 is 29.6 Å². The summed E-state index contributed by atoms with van der Waals surface area (Å²) in [7, 11) is 0. The summed E-state index contributed by atoms with van der Waals surface area (Å²) in [5.74, 6) is -4.34. The van der Waals surface area contributed by atoms with E-state index >= 15 is 0 Å². The first-order chi connectivity index (χ1) is 14.1. The fourth-order valence-corrected chi connectivity index (χ4v) is 3.59. The lowest BCUT2D eigenvalue weighted by Gasteiger charge is -2.42. The molecule has 160 valence electrons. The zero-order chi connectivity index (χ0) is 21.7. The first-order valence-corrected chi connectivity index (χ1v) is 9.17. The van der Waals surface area contributed by atoms with Gasteiger partial charge in [-0.25, -0.2) is 28.7 Å². The van der Waals surface area contributed by atoms with E-state index in [1.165, 1.54) is 23.7 Å². The Labute approximate surface area is 167 Å². The van der Waals surface area contributed by atoms with Crippen LogP contribution in [0.15, 0.2) is 30.9 Å². The van der Waals surface area contributed by atoms with E-state index in [-0.39, 0.29) is 36.8 Å². The minimum absolute atomic E-state index is 0.0135. The second-order valence-electron chi connectivity index (χ2n) is 7.29. The molecule has 0 aromatic carbocycles.